The number of nitrogens with zero attached hydrogens (tertiary/aromatic N) is 3. The summed E-state index contributed by atoms with van der Waals surface area (Å²) in [5.74, 6) is 1.95. The second-order valence-electron chi connectivity index (χ2n) is 7.75. The van der Waals surface area contributed by atoms with Crippen LogP contribution in [-0.4, -0.2) is 56.9 Å². The number of aryl methyl sites for hydroxylation is 1. The smallest absolute Gasteiger partial charge is 0.275 e. The van der Waals surface area contributed by atoms with Gasteiger partial charge < -0.3 is 9.64 Å². The molecule has 0 bridgehead atoms. The number of carbonyl (C=O) groups is 1. The van der Waals surface area contributed by atoms with Crippen LogP contribution >= 0.6 is 11.8 Å². The SMILES string of the molecule is Cn1nc(C(=O)N2CC3(C[C@@H](OCC4CC4)CS3)C2)c2ccccc21. The highest BCUT2D eigenvalue weighted by atomic mass is 32.2. The van der Waals surface area contributed by atoms with E-state index in [1.54, 1.807) is 4.68 Å². The maximum absolute atomic E-state index is 12.9. The molecule has 132 valence electrons. The van der Waals surface area contributed by atoms with Gasteiger partial charge in [0.15, 0.2) is 5.69 Å². The number of para-hydroxylation sites is 1. The molecule has 3 aliphatic rings. The number of carbonyl (C=O) groups excluding carboxylic acids is 1. The van der Waals surface area contributed by atoms with Gasteiger partial charge in [-0.2, -0.15) is 5.10 Å². The van der Waals surface area contributed by atoms with Crippen LogP contribution in [0, 0.1) is 5.92 Å². The average Bonchev–Trinajstić information content (AvgIpc) is 3.23. The molecule has 5 nitrogen and oxygen atoms in total. The molecule has 3 fully saturated rings. The maximum Gasteiger partial charge on any atom is 0.275 e. The zero-order valence-electron chi connectivity index (χ0n) is 14.5. The Kier molecular flexibility index (Phi) is 3.61. The van der Waals surface area contributed by atoms with Crippen LogP contribution in [0.2, 0.25) is 0 Å². The summed E-state index contributed by atoms with van der Waals surface area (Å²) in [5, 5.41) is 5.42. The third-order valence-corrected chi connectivity index (χ3v) is 7.22. The van der Waals surface area contributed by atoms with Gasteiger partial charge in [-0.25, -0.2) is 0 Å². The van der Waals surface area contributed by atoms with E-state index in [0.717, 1.165) is 48.7 Å². The summed E-state index contributed by atoms with van der Waals surface area (Å²) >= 11 is 1.99. The third-order valence-electron chi connectivity index (χ3n) is 5.65. The van der Waals surface area contributed by atoms with Gasteiger partial charge in [0.25, 0.3) is 5.91 Å². The van der Waals surface area contributed by atoms with Crippen molar-refractivity contribution in [1.29, 1.82) is 0 Å². The van der Waals surface area contributed by atoms with Gasteiger partial charge in [-0.1, -0.05) is 18.2 Å². The predicted molar refractivity (Wildman–Crippen MR) is 98.9 cm³/mol. The number of amides is 1. The Morgan fingerprint density at radius 3 is 2.96 bits per heavy atom. The van der Waals surface area contributed by atoms with Gasteiger partial charge >= 0.3 is 0 Å². The van der Waals surface area contributed by atoms with Crippen LogP contribution in [0.25, 0.3) is 10.9 Å². The molecule has 2 saturated heterocycles. The van der Waals surface area contributed by atoms with Crippen molar-refractivity contribution in [1.82, 2.24) is 14.7 Å². The van der Waals surface area contributed by atoms with Crippen LogP contribution in [-0.2, 0) is 11.8 Å². The van der Waals surface area contributed by atoms with Crippen molar-refractivity contribution in [2.24, 2.45) is 13.0 Å². The van der Waals surface area contributed by atoms with Gasteiger partial charge in [0.1, 0.15) is 0 Å². The van der Waals surface area contributed by atoms with E-state index in [4.69, 9.17) is 4.74 Å². The van der Waals surface area contributed by atoms with Gasteiger partial charge in [0, 0.05) is 37.9 Å². The molecular weight excluding hydrogens is 334 g/mol. The van der Waals surface area contributed by atoms with Gasteiger partial charge in [0.2, 0.25) is 0 Å². The Morgan fingerprint density at radius 2 is 2.16 bits per heavy atom. The van der Waals surface area contributed by atoms with Crippen molar-refractivity contribution in [3.63, 3.8) is 0 Å². The van der Waals surface area contributed by atoms with Crippen molar-refractivity contribution >= 4 is 28.6 Å². The quantitative estimate of drug-likeness (QED) is 0.844. The summed E-state index contributed by atoms with van der Waals surface area (Å²) < 4.78 is 8.07. The minimum atomic E-state index is 0.0605. The second kappa shape index (κ2) is 5.74. The fourth-order valence-corrected chi connectivity index (χ4v) is 5.55. The van der Waals surface area contributed by atoms with E-state index in [9.17, 15) is 4.79 Å². The molecule has 3 heterocycles. The Morgan fingerprint density at radius 1 is 1.36 bits per heavy atom. The molecule has 25 heavy (non-hydrogen) atoms. The van der Waals surface area contributed by atoms with E-state index in [0.29, 0.717) is 11.8 Å². The summed E-state index contributed by atoms with van der Waals surface area (Å²) in [5.41, 5.74) is 1.59. The summed E-state index contributed by atoms with van der Waals surface area (Å²) in [6, 6.07) is 7.93. The number of ether oxygens (including phenoxy) is 1. The molecule has 0 unspecified atom stereocenters. The average molecular weight is 357 g/mol. The van der Waals surface area contributed by atoms with Gasteiger partial charge in [-0.3, -0.25) is 9.48 Å². The number of benzene rings is 1. The van der Waals surface area contributed by atoms with E-state index in [-0.39, 0.29) is 10.7 Å². The molecule has 1 aliphatic carbocycles. The first-order valence-corrected chi connectivity index (χ1v) is 10.1. The molecule has 2 aliphatic heterocycles. The molecule has 1 saturated carbocycles. The van der Waals surface area contributed by atoms with Crippen molar-refractivity contribution in [3.8, 4) is 0 Å². The second-order valence-corrected chi connectivity index (χ2v) is 9.24. The Hall–Kier alpha value is -1.53. The number of hydrogen-bond donors (Lipinski definition) is 0. The third kappa shape index (κ3) is 2.75. The minimum absolute atomic E-state index is 0.0605. The van der Waals surface area contributed by atoms with Crippen LogP contribution in [0.1, 0.15) is 29.8 Å². The van der Waals surface area contributed by atoms with E-state index in [2.05, 4.69) is 5.10 Å². The molecule has 1 aromatic carbocycles. The molecule has 6 heteroatoms. The molecule has 1 spiro atoms. The minimum Gasteiger partial charge on any atom is -0.377 e. The number of likely N-dealkylation sites (tertiary alicyclic amines) is 1. The van der Waals surface area contributed by atoms with Gasteiger partial charge in [-0.15, -0.1) is 11.8 Å². The summed E-state index contributed by atoms with van der Waals surface area (Å²) in [6.07, 6.45) is 4.13. The van der Waals surface area contributed by atoms with Crippen LogP contribution < -0.4 is 0 Å². The van der Waals surface area contributed by atoms with Crippen molar-refractivity contribution in [2.45, 2.75) is 30.1 Å². The number of hydrogen-bond acceptors (Lipinski definition) is 4. The summed E-state index contributed by atoms with van der Waals surface area (Å²) in [7, 11) is 1.89. The Labute approximate surface area is 151 Å². The van der Waals surface area contributed by atoms with E-state index < -0.39 is 0 Å². The molecule has 1 aromatic heterocycles. The van der Waals surface area contributed by atoms with Crippen molar-refractivity contribution < 1.29 is 9.53 Å². The highest BCUT2D eigenvalue weighted by molar-refractivity contribution is 8.01. The molecule has 0 N–H and O–H groups in total. The predicted octanol–water partition coefficient (Wildman–Crippen LogP) is 2.70. The van der Waals surface area contributed by atoms with Crippen LogP contribution in [0.5, 0.6) is 0 Å². The largest absolute Gasteiger partial charge is 0.377 e. The van der Waals surface area contributed by atoms with E-state index >= 15 is 0 Å². The first-order chi connectivity index (χ1) is 12.1. The molecule has 0 radical (unpaired) electrons. The molecule has 1 atom stereocenters. The van der Waals surface area contributed by atoms with E-state index in [1.165, 1.54) is 12.8 Å². The normalized spacial score (nSPS) is 24.8. The standard InChI is InChI=1S/C19H23N3O2S/c1-21-16-5-3-2-4-15(16)17(20-21)18(23)22-11-19(12-22)8-14(10-25-19)24-9-13-6-7-13/h2-5,13-14H,6-12H2,1H3/t14-/m1/s1. The maximum atomic E-state index is 12.9. The Bertz CT molecular complexity index is 823. The summed E-state index contributed by atoms with van der Waals surface area (Å²) in [6.45, 7) is 2.58. The Balaban J connectivity index is 1.25. The number of aromatic nitrogens is 2. The van der Waals surface area contributed by atoms with Crippen LogP contribution in [0.3, 0.4) is 0 Å². The zero-order valence-corrected chi connectivity index (χ0v) is 15.3. The lowest BCUT2D eigenvalue weighted by atomic mass is 9.92. The zero-order chi connectivity index (χ0) is 17.0. The molecular formula is C19H23N3O2S. The summed E-state index contributed by atoms with van der Waals surface area (Å²) in [4.78, 5) is 14.9. The lowest BCUT2D eigenvalue weighted by molar-refractivity contribution is 0.0285. The fourth-order valence-electron chi connectivity index (χ4n) is 4.00. The van der Waals surface area contributed by atoms with Crippen molar-refractivity contribution in [3.05, 3.63) is 30.0 Å². The molecule has 5 rings (SSSR count). The highest BCUT2D eigenvalue weighted by Gasteiger charge is 2.51. The van der Waals surface area contributed by atoms with Crippen LogP contribution in [0.4, 0.5) is 0 Å². The van der Waals surface area contributed by atoms with Crippen molar-refractivity contribution in [2.75, 3.05) is 25.4 Å². The highest BCUT2D eigenvalue weighted by Crippen LogP contribution is 2.47. The first kappa shape index (κ1) is 15.7. The van der Waals surface area contributed by atoms with Crippen LogP contribution in [0.15, 0.2) is 24.3 Å². The molecule has 2 aromatic rings. The number of thioether (sulfide) groups is 1. The lowest BCUT2D eigenvalue weighted by Gasteiger charge is -2.47. The molecule has 1 amide bonds. The monoisotopic (exact) mass is 357 g/mol. The van der Waals surface area contributed by atoms with Gasteiger partial charge in [0.05, 0.1) is 16.4 Å². The lowest BCUT2D eigenvalue weighted by Crippen LogP contribution is -2.60. The fraction of sp³-hybridized carbons (Fsp3) is 0.579. The first-order valence-electron chi connectivity index (χ1n) is 9.10. The topological polar surface area (TPSA) is 47.4 Å². The number of fused-ring (bicyclic) bond motifs is 1. The van der Waals surface area contributed by atoms with Gasteiger partial charge in [-0.05, 0) is 31.2 Å². The van der Waals surface area contributed by atoms with E-state index in [1.807, 2.05) is 48.0 Å². The number of rotatable bonds is 4.